The highest BCUT2D eigenvalue weighted by Gasteiger charge is 2.45. The van der Waals surface area contributed by atoms with Crippen molar-refractivity contribution >= 4 is 11.3 Å². The molecule has 0 unspecified atom stereocenters. The van der Waals surface area contributed by atoms with Crippen LogP contribution in [0.4, 0.5) is 10.1 Å². The van der Waals surface area contributed by atoms with Gasteiger partial charge in [-0.1, -0.05) is 6.08 Å². The predicted octanol–water partition coefficient (Wildman–Crippen LogP) is 3.55. The molecule has 1 spiro atoms. The van der Waals surface area contributed by atoms with Crippen molar-refractivity contribution in [3.8, 4) is 0 Å². The first-order valence-corrected chi connectivity index (χ1v) is 11.7. The second-order valence-electron chi connectivity index (χ2n) is 9.81. The van der Waals surface area contributed by atoms with Crippen molar-refractivity contribution in [1.29, 1.82) is 0 Å². The van der Waals surface area contributed by atoms with Crippen LogP contribution in [0.25, 0.3) is 5.57 Å². The molecular formula is C25H29FN4O. The number of nitrogens with one attached hydrogen (secondary N) is 1. The van der Waals surface area contributed by atoms with Crippen molar-refractivity contribution < 1.29 is 4.39 Å². The van der Waals surface area contributed by atoms with Crippen molar-refractivity contribution in [1.82, 2.24) is 14.9 Å². The van der Waals surface area contributed by atoms with E-state index >= 15 is 0 Å². The van der Waals surface area contributed by atoms with Crippen molar-refractivity contribution in [2.24, 2.45) is 5.41 Å². The summed E-state index contributed by atoms with van der Waals surface area (Å²) < 4.78 is 13.2. The Morgan fingerprint density at radius 1 is 1.03 bits per heavy atom. The zero-order valence-electron chi connectivity index (χ0n) is 17.9. The molecule has 1 saturated heterocycles. The number of aromatic amines is 1. The first-order valence-electron chi connectivity index (χ1n) is 11.7. The van der Waals surface area contributed by atoms with Crippen molar-refractivity contribution in [3.63, 3.8) is 0 Å². The summed E-state index contributed by atoms with van der Waals surface area (Å²) in [4.78, 5) is 25.6. The summed E-state index contributed by atoms with van der Waals surface area (Å²) in [5.74, 6) is 0.606. The third-order valence-corrected chi connectivity index (χ3v) is 7.88. The molecule has 1 aliphatic heterocycles. The average molecular weight is 421 g/mol. The molecule has 5 nitrogen and oxygen atoms in total. The van der Waals surface area contributed by atoms with E-state index in [1.807, 2.05) is 12.1 Å². The number of allylic oxidation sites excluding steroid dienone is 1. The van der Waals surface area contributed by atoms with Crippen LogP contribution in [-0.2, 0) is 12.8 Å². The molecule has 1 saturated carbocycles. The third kappa shape index (κ3) is 3.61. The van der Waals surface area contributed by atoms with Gasteiger partial charge in [-0.25, -0.2) is 9.37 Å². The summed E-state index contributed by atoms with van der Waals surface area (Å²) in [6, 6.07) is 7.19. The van der Waals surface area contributed by atoms with Gasteiger partial charge in [-0.15, -0.1) is 0 Å². The summed E-state index contributed by atoms with van der Waals surface area (Å²) in [5.41, 5.74) is 4.78. The van der Waals surface area contributed by atoms with Gasteiger partial charge in [0.05, 0.1) is 5.69 Å². The minimum absolute atomic E-state index is 0.0863. The Hall–Kier alpha value is -2.47. The number of H-pyrrole nitrogens is 1. The number of nitrogens with zero attached hydrogens (tertiary/aromatic N) is 3. The van der Waals surface area contributed by atoms with Crippen LogP contribution in [-0.4, -0.2) is 47.1 Å². The van der Waals surface area contributed by atoms with E-state index in [1.165, 1.54) is 37.0 Å². The van der Waals surface area contributed by atoms with Gasteiger partial charge in [-0.2, -0.15) is 0 Å². The second kappa shape index (κ2) is 7.30. The quantitative estimate of drug-likeness (QED) is 0.825. The standard InChI is InChI=1S/C25H29FN4O/c26-18-2-5-19(6-3-18)29-11-13-30(14-12-29)20-4-1-17(15-20)23-27-22-7-8-25(9-10-25)16-21(22)24(31)28-23/h2-3,5-6,15,20H,1,4,7-14,16H2,(H,27,28,31)/t20-/m1/s1. The molecule has 6 heteroatoms. The fraction of sp³-hybridized carbons (Fsp3) is 0.520. The SMILES string of the molecule is O=c1[nH]c(C2=C[C@H](N3CCN(c4ccc(F)cc4)CC3)CC2)nc2c1CC1(CC2)CC1. The van der Waals surface area contributed by atoms with Crippen LogP contribution in [0.5, 0.6) is 0 Å². The summed E-state index contributed by atoms with van der Waals surface area (Å²) >= 11 is 0. The number of fused-ring (bicyclic) bond motifs is 1. The van der Waals surface area contributed by atoms with Gasteiger partial charge >= 0.3 is 0 Å². The van der Waals surface area contributed by atoms with Crippen LogP contribution in [0.3, 0.4) is 0 Å². The maximum atomic E-state index is 13.2. The number of benzene rings is 1. The average Bonchev–Trinajstić information content (AvgIpc) is 3.35. The Labute approximate surface area is 182 Å². The first-order chi connectivity index (χ1) is 15.1. The molecule has 1 aromatic heterocycles. The highest BCUT2D eigenvalue weighted by molar-refractivity contribution is 5.63. The van der Waals surface area contributed by atoms with E-state index in [1.54, 1.807) is 0 Å². The van der Waals surface area contributed by atoms with E-state index in [-0.39, 0.29) is 11.4 Å². The van der Waals surface area contributed by atoms with Gasteiger partial charge < -0.3 is 9.88 Å². The minimum atomic E-state index is -0.188. The normalized spacial score (nSPS) is 24.9. The van der Waals surface area contributed by atoms with Crippen LogP contribution < -0.4 is 10.5 Å². The number of piperazine rings is 1. The summed E-state index contributed by atoms with van der Waals surface area (Å²) in [5, 5.41) is 0. The Balaban J connectivity index is 1.14. The van der Waals surface area contributed by atoms with Gasteiger partial charge in [0.2, 0.25) is 0 Å². The molecule has 6 rings (SSSR count). The van der Waals surface area contributed by atoms with Gasteiger partial charge in [0.25, 0.3) is 5.56 Å². The number of rotatable bonds is 3. The topological polar surface area (TPSA) is 52.2 Å². The van der Waals surface area contributed by atoms with Crippen molar-refractivity contribution in [2.45, 2.75) is 51.0 Å². The third-order valence-electron chi connectivity index (χ3n) is 7.88. The largest absolute Gasteiger partial charge is 0.369 e. The van der Waals surface area contributed by atoms with Gasteiger partial charge in [-0.3, -0.25) is 9.69 Å². The van der Waals surface area contributed by atoms with Crippen molar-refractivity contribution in [2.75, 3.05) is 31.1 Å². The molecule has 1 N–H and O–H groups in total. The Morgan fingerprint density at radius 3 is 2.55 bits per heavy atom. The molecule has 0 bridgehead atoms. The van der Waals surface area contributed by atoms with E-state index in [9.17, 15) is 9.18 Å². The molecular weight excluding hydrogens is 391 g/mol. The fourth-order valence-electron chi connectivity index (χ4n) is 5.69. The van der Waals surface area contributed by atoms with Gasteiger partial charge in [0, 0.05) is 43.5 Å². The molecule has 4 aliphatic rings. The van der Waals surface area contributed by atoms with Crippen molar-refractivity contribution in [3.05, 3.63) is 63.6 Å². The Morgan fingerprint density at radius 2 is 1.81 bits per heavy atom. The van der Waals surface area contributed by atoms with Crippen LogP contribution >= 0.6 is 0 Å². The highest BCUT2D eigenvalue weighted by Crippen LogP contribution is 2.53. The zero-order chi connectivity index (χ0) is 21.0. The monoisotopic (exact) mass is 420 g/mol. The van der Waals surface area contributed by atoms with Crippen LogP contribution in [0.2, 0.25) is 0 Å². The molecule has 2 heterocycles. The molecule has 1 atom stereocenters. The fourth-order valence-corrected chi connectivity index (χ4v) is 5.69. The van der Waals surface area contributed by atoms with Gasteiger partial charge in [-0.05, 0) is 80.2 Å². The zero-order valence-corrected chi connectivity index (χ0v) is 17.9. The number of aryl methyl sites for hydroxylation is 1. The minimum Gasteiger partial charge on any atom is -0.369 e. The molecule has 0 radical (unpaired) electrons. The number of hydrogen-bond donors (Lipinski definition) is 1. The van der Waals surface area contributed by atoms with E-state index in [0.717, 1.165) is 74.6 Å². The molecule has 0 amide bonds. The molecule has 31 heavy (non-hydrogen) atoms. The molecule has 2 fully saturated rings. The predicted molar refractivity (Wildman–Crippen MR) is 120 cm³/mol. The Bertz CT molecular complexity index is 1080. The Kier molecular flexibility index (Phi) is 4.53. The van der Waals surface area contributed by atoms with Gasteiger partial charge in [0.1, 0.15) is 11.6 Å². The molecule has 162 valence electrons. The molecule has 1 aromatic carbocycles. The van der Waals surface area contributed by atoms with E-state index in [0.29, 0.717) is 11.5 Å². The maximum Gasteiger partial charge on any atom is 0.254 e. The number of hydrogen-bond acceptors (Lipinski definition) is 4. The second-order valence-corrected chi connectivity index (χ2v) is 9.81. The lowest BCUT2D eigenvalue weighted by Gasteiger charge is -2.38. The van der Waals surface area contributed by atoms with Crippen LogP contribution in [0.15, 0.2) is 35.1 Å². The molecule has 3 aliphatic carbocycles. The number of anilines is 1. The molecule has 2 aromatic rings. The maximum absolute atomic E-state index is 13.2. The van der Waals surface area contributed by atoms with Crippen LogP contribution in [0.1, 0.15) is 49.2 Å². The number of halogens is 1. The van der Waals surface area contributed by atoms with Gasteiger partial charge in [0.15, 0.2) is 0 Å². The summed E-state index contributed by atoms with van der Waals surface area (Å²) in [7, 11) is 0. The highest BCUT2D eigenvalue weighted by atomic mass is 19.1. The van der Waals surface area contributed by atoms with E-state index < -0.39 is 0 Å². The first kappa shape index (κ1) is 19.2. The van der Waals surface area contributed by atoms with Crippen LogP contribution in [0, 0.1) is 11.2 Å². The lowest BCUT2D eigenvalue weighted by atomic mass is 9.84. The number of aromatic nitrogens is 2. The van der Waals surface area contributed by atoms with E-state index in [2.05, 4.69) is 20.9 Å². The smallest absolute Gasteiger partial charge is 0.254 e. The summed E-state index contributed by atoms with van der Waals surface area (Å²) in [6.45, 7) is 3.87. The lowest BCUT2D eigenvalue weighted by molar-refractivity contribution is 0.214. The summed E-state index contributed by atoms with van der Waals surface area (Å²) in [6.07, 6.45) is 9.98. The lowest BCUT2D eigenvalue weighted by Crippen LogP contribution is -2.49. The van der Waals surface area contributed by atoms with E-state index in [4.69, 9.17) is 4.98 Å².